The molecule has 0 aromatic carbocycles. The van der Waals surface area contributed by atoms with Crippen molar-refractivity contribution < 1.29 is 0 Å². The van der Waals surface area contributed by atoms with Crippen molar-refractivity contribution in [3.8, 4) is 11.4 Å². The molecule has 7 heteroatoms. The van der Waals surface area contributed by atoms with Gasteiger partial charge in [-0.3, -0.25) is 10.2 Å². The van der Waals surface area contributed by atoms with Crippen LogP contribution in [0.4, 0.5) is 5.95 Å². The molecule has 0 spiro atoms. The zero-order valence-corrected chi connectivity index (χ0v) is 10.6. The Morgan fingerprint density at radius 3 is 3.00 bits per heavy atom. The molecule has 1 atom stereocenters. The fourth-order valence-corrected chi connectivity index (χ4v) is 2.22. The number of piperazine rings is 1. The standard InChI is InChI=1S/C11H17N7/c1-7-6-18(4-3-12-7)11-14-10(16-17-11)9-5-13-15-8(9)2/h5,7,12H,3-4,6H2,1-2H3,(H,13,15)(H,14,16,17). The first-order chi connectivity index (χ1) is 8.74. The van der Waals surface area contributed by atoms with Crippen molar-refractivity contribution in [3.63, 3.8) is 0 Å². The van der Waals surface area contributed by atoms with E-state index in [-0.39, 0.29) is 0 Å². The van der Waals surface area contributed by atoms with Gasteiger partial charge in [0, 0.05) is 31.4 Å². The van der Waals surface area contributed by atoms with Crippen LogP contribution in [0.5, 0.6) is 0 Å². The Hall–Kier alpha value is -1.89. The van der Waals surface area contributed by atoms with Crippen LogP contribution in [0, 0.1) is 6.92 Å². The van der Waals surface area contributed by atoms with Crippen LogP contribution in [0.15, 0.2) is 6.20 Å². The van der Waals surface area contributed by atoms with E-state index in [4.69, 9.17) is 0 Å². The van der Waals surface area contributed by atoms with Crippen molar-refractivity contribution in [2.75, 3.05) is 24.5 Å². The molecular formula is C11H17N7. The second-order valence-electron chi connectivity index (χ2n) is 4.69. The summed E-state index contributed by atoms with van der Waals surface area (Å²) in [7, 11) is 0. The molecule has 0 saturated carbocycles. The number of aromatic amines is 2. The first-order valence-electron chi connectivity index (χ1n) is 6.15. The monoisotopic (exact) mass is 247 g/mol. The van der Waals surface area contributed by atoms with E-state index in [0.717, 1.165) is 42.7 Å². The second kappa shape index (κ2) is 4.41. The summed E-state index contributed by atoms with van der Waals surface area (Å²) in [5, 5.41) is 17.6. The zero-order valence-electron chi connectivity index (χ0n) is 10.6. The summed E-state index contributed by atoms with van der Waals surface area (Å²) in [6.45, 7) is 6.97. The third kappa shape index (κ3) is 1.97. The molecule has 18 heavy (non-hydrogen) atoms. The van der Waals surface area contributed by atoms with Gasteiger partial charge >= 0.3 is 0 Å². The topological polar surface area (TPSA) is 85.5 Å². The molecule has 3 N–H and O–H groups in total. The minimum atomic E-state index is 0.469. The fourth-order valence-electron chi connectivity index (χ4n) is 2.22. The molecule has 1 saturated heterocycles. The van der Waals surface area contributed by atoms with Crippen LogP contribution in [0.1, 0.15) is 12.6 Å². The van der Waals surface area contributed by atoms with Crippen LogP contribution < -0.4 is 10.2 Å². The molecule has 96 valence electrons. The van der Waals surface area contributed by atoms with Crippen molar-refractivity contribution >= 4 is 5.95 Å². The van der Waals surface area contributed by atoms with Crippen LogP contribution in [-0.2, 0) is 0 Å². The minimum Gasteiger partial charge on any atom is -0.337 e. The average molecular weight is 247 g/mol. The van der Waals surface area contributed by atoms with E-state index >= 15 is 0 Å². The molecule has 1 aliphatic rings. The number of aryl methyl sites for hydroxylation is 1. The lowest BCUT2D eigenvalue weighted by Gasteiger charge is -2.30. The molecule has 0 aliphatic carbocycles. The van der Waals surface area contributed by atoms with Crippen molar-refractivity contribution in [3.05, 3.63) is 11.9 Å². The summed E-state index contributed by atoms with van der Waals surface area (Å²) in [6.07, 6.45) is 1.76. The van der Waals surface area contributed by atoms with E-state index in [9.17, 15) is 0 Å². The highest BCUT2D eigenvalue weighted by molar-refractivity contribution is 5.57. The van der Waals surface area contributed by atoms with Gasteiger partial charge in [0.25, 0.3) is 0 Å². The maximum Gasteiger partial charge on any atom is 0.245 e. The Balaban J connectivity index is 1.83. The predicted molar refractivity (Wildman–Crippen MR) is 68.4 cm³/mol. The smallest absolute Gasteiger partial charge is 0.245 e. The largest absolute Gasteiger partial charge is 0.337 e. The Bertz CT molecular complexity index is 529. The molecular weight excluding hydrogens is 230 g/mol. The summed E-state index contributed by atoms with van der Waals surface area (Å²) in [4.78, 5) is 6.73. The lowest BCUT2D eigenvalue weighted by molar-refractivity contribution is 0.480. The molecule has 1 aliphatic heterocycles. The highest BCUT2D eigenvalue weighted by Crippen LogP contribution is 2.19. The van der Waals surface area contributed by atoms with E-state index in [1.54, 1.807) is 6.20 Å². The normalized spacial score (nSPS) is 20.3. The SMILES string of the molecule is Cc1[nH]ncc1-c1nc(N2CCNC(C)C2)n[nH]1. The second-order valence-corrected chi connectivity index (χ2v) is 4.69. The Morgan fingerprint density at radius 2 is 2.28 bits per heavy atom. The van der Waals surface area contributed by atoms with Gasteiger partial charge in [-0.1, -0.05) is 0 Å². The van der Waals surface area contributed by atoms with Crippen molar-refractivity contribution in [2.24, 2.45) is 0 Å². The van der Waals surface area contributed by atoms with Gasteiger partial charge in [0.15, 0.2) is 5.82 Å². The van der Waals surface area contributed by atoms with Gasteiger partial charge in [0.05, 0.1) is 11.8 Å². The molecule has 3 rings (SSSR count). The van der Waals surface area contributed by atoms with E-state index in [0.29, 0.717) is 6.04 Å². The summed E-state index contributed by atoms with van der Waals surface area (Å²) in [6, 6.07) is 0.469. The van der Waals surface area contributed by atoms with Gasteiger partial charge in [-0.15, -0.1) is 5.10 Å². The number of hydrogen-bond donors (Lipinski definition) is 3. The number of rotatable bonds is 2. The minimum absolute atomic E-state index is 0.469. The van der Waals surface area contributed by atoms with E-state index in [1.165, 1.54) is 0 Å². The van der Waals surface area contributed by atoms with E-state index in [1.807, 2.05) is 6.92 Å². The van der Waals surface area contributed by atoms with Crippen LogP contribution in [0.2, 0.25) is 0 Å². The van der Waals surface area contributed by atoms with Crippen LogP contribution in [0.3, 0.4) is 0 Å². The first-order valence-corrected chi connectivity index (χ1v) is 6.15. The predicted octanol–water partition coefficient (Wildman–Crippen LogP) is 0.301. The molecule has 0 bridgehead atoms. The van der Waals surface area contributed by atoms with E-state index in [2.05, 4.69) is 42.5 Å². The molecule has 0 radical (unpaired) electrons. The first kappa shape index (κ1) is 11.2. The van der Waals surface area contributed by atoms with E-state index < -0.39 is 0 Å². The van der Waals surface area contributed by atoms with Crippen molar-refractivity contribution in [1.82, 2.24) is 30.7 Å². The molecule has 1 fully saturated rings. The molecule has 0 amide bonds. The van der Waals surface area contributed by atoms with Crippen molar-refractivity contribution in [2.45, 2.75) is 19.9 Å². The molecule has 3 heterocycles. The third-order valence-electron chi connectivity index (χ3n) is 3.21. The summed E-state index contributed by atoms with van der Waals surface area (Å²) in [5.41, 5.74) is 1.96. The summed E-state index contributed by atoms with van der Waals surface area (Å²) < 4.78 is 0. The van der Waals surface area contributed by atoms with Crippen LogP contribution in [0.25, 0.3) is 11.4 Å². The molecule has 7 nitrogen and oxygen atoms in total. The lowest BCUT2D eigenvalue weighted by atomic mass is 10.2. The summed E-state index contributed by atoms with van der Waals surface area (Å²) >= 11 is 0. The lowest BCUT2D eigenvalue weighted by Crippen LogP contribution is -2.49. The zero-order chi connectivity index (χ0) is 12.5. The number of anilines is 1. The quantitative estimate of drug-likeness (QED) is 0.710. The van der Waals surface area contributed by atoms with Gasteiger partial charge in [-0.2, -0.15) is 10.1 Å². The molecule has 1 unspecified atom stereocenters. The van der Waals surface area contributed by atoms with Gasteiger partial charge in [0.1, 0.15) is 0 Å². The Labute approximate surface area is 105 Å². The number of nitrogens with zero attached hydrogens (tertiary/aromatic N) is 4. The Morgan fingerprint density at radius 1 is 1.39 bits per heavy atom. The van der Waals surface area contributed by atoms with Gasteiger partial charge < -0.3 is 10.2 Å². The highest BCUT2D eigenvalue weighted by Gasteiger charge is 2.20. The number of hydrogen-bond acceptors (Lipinski definition) is 5. The third-order valence-corrected chi connectivity index (χ3v) is 3.21. The van der Waals surface area contributed by atoms with Crippen molar-refractivity contribution in [1.29, 1.82) is 0 Å². The van der Waals surface area contributed by atoms with Crippen LogP contribution >= 0.6 is 0 Å². The number of aromatic nitrogens is 5. The summed E-state index contributed by atoms with van der Waals surface area (Å²) in [5.74, 6) is 1.53. The Kier molecular flexibility index (Phi) is 2.75. The maximum absolute atomic E-state index is 4.54. The van der Waals surface area contributed by atoms with Gasteiger partial charge in [0.2, 0.25) is 5.95 Å². The van der Waals surface area contributed by atoms with Gasteiger partial charge in [-0.25, -0.2) is 0 Å². The van der Waals surface area contributed by atoms with Crippen LogP contribution in [-0.4, -0.2) is 51.1 Å². The number of H-pyrrole nitrogens is 2. The van der Waals surface area contributed by atoms with Gasteiger partial charge in [-0.05, 0) is 13.8 Å². The highest BCUT2D eigenvalue weighted by atomic mass is 15.4. The maximum atomic E-state index is 4.54. The molecule has 2 aromatic heterocycles. The molecule has 2 aromatic rings. The number of nitrogens with one attached hydrogen (secondary N) is 3. The fraction of sp³-hybridized carbons (Fsp3) is 0.545. The average Bonchev–Trinajstić information content (AvgIpc) is 2.97.